The molecular weight excluding hydrogens is 339 g/mol. The van der Waals surface area contributed by atoms with E-state index >= 15 is 0 Å². The minimum Gasteiger partial charge on any atom is -0.335 e. The smallest absolute Gasteiger partial charge is 0.254 e. The number of nitrogens with zero attached hydrogens (tertiary/aromatic N) is 1. The van der Waals surface area contributed by atoms with Crippen molar-refractivity contribution in [1.29, 1.82) is 0 Å². The molecule has 2 atom stereocenters. The van der Waals surface area contributed by atoms with Crippen LogP contribution in [0.15, 0.2) is 47.4 Å². The Morgan fingerprint density at radius 1 is 1.24 bits per heavy atom. The lowest BCUT2D eigenvalue weighted by Crippen LogP contribution is -2.30. The van der Waals surface area contributed by atoms with E-state index in [1.165, 1.54) is 23.9 Å². The topological polar surface area (TPSA) is 49.4 Å². The lowest BCUT2D eigenvalue weighted by atomic mass is 10.1. The van der Waals surface area contributed by atoms with Gasteiger partial charge in [0, 0.05) is 17.5 Å². The van der Waals surface area contributed by atoms with Gasteiger partial charge < -0.3 is 10.2 Å². The standard InChI is InChI=1S/C19H19FN2O2S/c1-11(13-4-7-15(20)8-5-13)22(3)19(24)14-6-9-17-16(10-14)21-18(23)12(2)25-17/h4-12H,1-3H3,(H,21,23). The third-order valence-electron chi connectivity index (χ3n) is 4.41. The van der Waals surface area contributed by atoms with E-state index in [0.29, 0.717) is 11.3 Å². The number of anilines is 1. The fourth-order valence-electron chi connectivity index (χ4n) is 2.69. The molecular formula is C19H19FN2O2S. The molecule has 4 nitrogen and oxygen atoms in total. The van der Waals surface area contributed by atoms with Gasteiger partial charge in [0.25, 0.3) is 5.91 Å². The van der Waals surface area contributed by atoms with Crippen LogP contribution in [0.1, 0.15) is 35.8 Å². The molecule has 0 radical (unpaired) electrons. The van der Waals surface area contributed by atoms with Gasteiger partial charge in [0.1, 0.15) is 5.82 Å². The van der Waals surface area contributed by atoms with Crippen LogP contribution < -0.4 is 5.32 Å². The molecule has 0 saturated heterocycles. The van der Waals surface area contributed by atoms with Gasteiger partial charge in [0.05, 0.1) is 17.0 Å². The van der Waals surface area contributed by atoms with E-state index in [1.807, 2.05) is 19.9 Å². The normalized spacial score (nSPS) is 17.4. The highest BCUT2D eigenvalue weighted by atomic mass is 32.2. The van der Waals surface area contributed by atoms with Crippen molar-refractivity contribution in [3.63, 3.8) is 0 Å². The van der Waals surface area contributed by atoms with Crippen LogP contribution in [0.3, 0.4) is 0 Å². The van der Waals surface area contributed by atoms with Gasteiger partial charge in [-0.15, -0.1) is 11.8 Å². The van der Waals surface area contributed by atoms with Gasteiger partial charge in [-0.3, -0.25) is 9.59 Å². The molecule has 2 unspecified atom stereocenters. The van der Waals surface area contributed by atoms with E-state index in [0.717, 1.165) is 10.5 Å². The summed E-state index contributed by atoms with van der Waals surface area (Å²) in [5, 5.41) is 2.70. The van der Waals surface area contributed by atoms with Crippen LogP contribution in [-0.2, 0) is 4.79 Å². The van der Waals surface area contributed by atoms with Crippen LogP contribution in [-0.4, -0.2) is 29.0 Å². The van der Waals surface area contributed by atoms with Crippen molar-refractivity contribution in [2.24, 2.45) is 0 Å². The summed E-state index contributed by atoms with van der Waals surface area (Å²) in [7, 11) is 1.71. The van der Waals surface area contributed by atoms with Crippen LogP contribution in [0.4, 0.5) is 10.1 Å². The van der Waals surface area contributed by atoms with Crippen molar-refractivity contribution < 1.29 is 14.0 Å². The van der Waals surface area contributed by atoms with Crippen LogP contribution in [0, 0.1) is 5.82 Å². The fourth-order valence-corrected chi connectivity index (χ4v) is 3.62. The molecule has 0 spiro atoms. The first-order valence-corrected chi connectivity index (χ1v) is 8.89. The molecule has 1 heterocycles. The minimum atomic E-state index is -0.304. The number of amides is 2. The van der Waals surface area contributed by atoms with Crippen molar-refractivity contribution in [1.82, 2.24) is 4.90 Å². The van der Waals surface area contributed by atoms with E-state index in [4.69, 9.17) is 0 Å². The SMILES string of the molecule is CC1Sc2ccc(C(=O)N(C)C(C)c3ccc(F)cc3)cc2NC1=O. The molecule has 130 valence electrons. The van der Waals surface area contributed by atoms with Crippen LogP contribution in [0.25, 0.3) is 0 Å². The molecule has 2 aromatic carbocycles. The highest BCUT2D eigenvalue weighted by Crippen LogP contribution is 2.36. The second-order valence-electron chi connectivity index (χ2n) is 6.10. The third kappa shape index (κ3) is 3.54. The van der Waals surface area contributed by atoms with Gasteiger partial charge in [-0.05, 0) is 49.7 Å². The van der Waals surface area contributed by atoms with Crippen molar-refractivity contribution in [3.8, 4) is 0 Å². The van der Waals surface area contributed by atoms with Crippen molar-refractivity contribution in [2.45, 2.75) is 30.0 Å². The Hall–Kier alpha value is -2.34. The molecule has 0 aromatic heterocycles. The van der Waals surface area contributed by atoms with E-state index in [9.17, 15) is 14.0 Å². The monoisotopic (exact) mass is 358 g/mol. The first kappa shape index (κ1) is 17.5. The molecule has 1 N–H and O–H groups in total. The second kappa shape index (κ2) is 6.88. The number of halogens is 1. The third-order valence-corrected chi connectivity index (χ3v) is 5.59. The summed E-state index contributed by atoms with van der Waals surface area (Å²) in [6, 6.07) is 11.3. The quantitative estimate of drug-likeness (QED) is 0.899. The number of hydrogen-bond acceptors (Lipinski definition) is 3. The molecule has 0 aliphatic carbocycles. The fraction of sp³-hybridized carbons (Fsp3) is 0.263. The highest BCUT2D eigenvalue weighted by Gasteiger charge is 2.25. The molecule has 2 aromatic rings. The maximum atomic E-state index is 13.1. The molecule has 6 heteroatoms. The minimum absolute atomic E-state index is 0.0601. The molecule has 1 aliphatic rings. The van der Waals surface area contributed by atoms with Crippen LogP contribution in [0.2, 0.25) is 0 Å². The van der Waals surface area contributed by atoms with Crippen LogP contribution in [0.5, 0.6) is 0 Å². The number of fused-ring (bicyclic) bond motifs is 1. The van der Waals surface area contributed by atoms with Gasteiger partial charge in [-0.25, -0.2) is 4.39 Å². The molecule has 0 fully saturated rings. The summed E-state index contributed by atoms with van der Waals surface area (Å²) < 4.78 is 13.1. The van der Waals surface area contributed by atoms with Crippen molar-refractivity contribution in [3.05, 3.63) is 59.4 Å². The Labute approximate surface area is 150 Å². The molecule has 3 rings (SSSR count). The van der Waals surface area contributed by atoms with Crippen molar-refractivity contribution >= 4 is 29.3 Å². The number of carbonyl (C=O) groups excluding carboxylic acids is 2. The predicted molar refractivity (Wildman–Crippen MR) is 97.3 cm³/mol. The first-order chi connectivity index (χ1) is 11.9. The lowest BCUT2D eigenvalue weighted by molar-refractivity contribution is -0.115. The van der Waals surface area contributed by atoms with Crippen molar-refractivity contribution in [2.75, 3.05) is 12.4 Å². The number of nitrogens with one attached hydrogen (secondary N) is 1. The number of hydrogen-bond donors (Lipinski definition) is 1. The Balaban J connectivity index is 1.82. The number of rotatable bonds is 3. The summed E-state index contributed by atoms with van der Waals surface area (Å²) in [5.41, 5.74) is 2.03. The Bertz CT molecular complexity index is 823. The summed E-state index contributed by atoms with van der Waals surface area (Å²) in [4.78, 5) is 27.2. The van der Waals surface area contributed by atoms with Gasteiger partial charge >= 0.3 is 0 Å². The highest BCUT2D eigenvalue weighted by molar-refractivity contribution is 8.00. The zero-order valence-corrected chi connectivity index (χ0v) is 15.1. The van der Waals surface area contributed by atoms with E-state index in [2.05, 4.69) is 5.32 Å². The molecule has 1 aliphatic heterocycles. The average Bonchev–Trinajstić information content (AvgIpc) is 2.61. The van der Waals surface area contributed by atoms with Gasteiger partial charge in [-0.2, -0.15) is 0 Å². The maximum Gasteiger partial charge on any atom is 0.254 e. The Morgan fingerprint density at radius 2 is 1.92 bits per heavy atom. The zero-order chi connectivity index (χ0) is 18.1. The number of thioether (sulfide) groups is 1. The first-order valence-electron chi connectivity index (χ1n) is 8.01. The Morgan fingerprint density at radius 3 is 2.60 bits per heavy atom. The Kier molecular flexibility index (Phi) is 4.81. The lowest BCUT2D eigenvalue weighted by Gasteiger charge is -2.27. The summed E-state index contributed by atoms with van der Waals surface area (Å²) in [6.07, 6.45) is 0. The van der Waals surface area contributed by atoms with Gasteiger partial charge in [-0.1, -0.05) is 12.1 Å². The van der Waals surface area contributed by atoms with Crippen LogP contribution >= 0.6 is 11.8 Å². The summed E-state index contributed by atoms with van der Waals surface area (Å²) >= 11 is 1.48. The molecule has 0 bridgehead atoms. The molecule has 2 amide bonds. The van der Waals surface area contributed by atoms with Gasteiger partial charge in [0.15, 0.2) is 0 Å². The second-order valence-corrected chi connectivity index (χ2v) is 7.49. The maximum absolute atomic E-state index is 13.1. The largest absolute Gasteiger partial charge is 0.335 e. The van der Waals surface area contributed by atoms with E-state index < -0.39 is 0 Å². The average molecular weight is 358 g/mol. The molecule has 25 heavy (non-hydrogen) atoms. The van der Waals surface area contributed by atoms with E-state index in [1.54, 1.807) is 36.2 Å². The van der Waals surface area contributed by atoms with Gasteiger partial charge in [0.2, 0.25) is 5.91 Å². The summed E-state index contributed by atoms with van der Waals surface area (Å²) in [5.74, 6) is -0.519. The summed E-state index contributed by atoms with van der Waals surface area (Å²) in [6.45, 7) is 3.74. The molecule has 0 saturated carbocycles. The van der Waals surface area contributed by atoms with E-state index in [-0.39, 0.29) is 28.9 Å². The predicted octanol–water partition coefficient (Wildman–Crippen LogP) is 4.09. The zero-order valence-electron chi connectivity index (χ0n) is 14.2. The number of carbonyl (C=O) groups is 2. The number of benzene rings is 2.